The molecule has 1 atom stereocenters. The molecule has 1 aromatic carbocycles. The predicted octanol–water partition coefficient (Wildman–Crippen LogP) is 3.80. The Hall–Kier alpha value is -0.0600. The molecule has 0 aliphatic carbocycles. The Labute approximate surface area is 119 Å². The second kappa shape index (κ2) is 5.72. The number of alkyl halides is 1. The van der Waals surface area contributed by atoms with E-state index in [1.54, 1.807) is 7.11 Å². The van der Waals surface area contributed by atoms with Crippen LogP contribution in [-0.2, 0) is 11.2 Å². The highest BCUT2D eigenvalue weighted by Gasteiger charge is 2.34. The van der Waals surface area contributed by atoms with Gasteiger partial charge in [-0.2, -0.15) is 0 Å². The summed E-state index contributed by atoms with van der Waals surface area (Å²) in [6.07, 6.45) is 2.09. The lowest BCUT2D eigenvalue weighted by Crippen LogP contribution is -2.26. The molecule has 0 N–H and O–H groups in total. The van der Waals surface area contributed by atoms with Gasteiger partial charge < -0.3 is 9.47 Å². The smallest absolute Gasteiger partial charge is 0.122 e. The highest BCUT2D eigenvalue weighted by molar-refractivity contribution is 9.10. The number of halogens is 2. The van der Waals surface area contributed by atoms with Crippen molar-refractivity contribution in [2.24, 2.45) is 5.41 Å². The molecule has 2 rings (SSSR count). The molecule has 1 aliphatic rings. The fourth-order valence-corrected chi connectivity index (χ4v) is 3.28. The van der Waals surface area contributed by atoms with Crippen LogP contribution >= 0.6 is 31.9 Å². The standard InChI is InChI=1S/C13H16Br2O2/c1-16-12-3-2-11(15)6-10(12)7-13(8-14)4-5-17-9-13/h2-3,6H,4-5,7-9H2,1H3. The first kappa shape index (κ1) is 13.4. The SMILES string of the molecule is COc1ccc(Br)cc1CC1(CBr)CCOC1. The maximum absolute atomic E-state index is 5.54. The fraction of sp³-hybridized carbons (Fsp3) is 0.538. The molecule has 0 aromatic heterocycles. The molecule has 1 heterocycles. The summed E-state index contributed by atoms with van der Waals surface area (Å²) in [5.41, 5.74) is 1.46. The van der Waals surface area contributed by atoms with E-state index in [0.29, 0.717) is 0 Å². The largest absolute Gasteiger partial charge is 0.496 e. The first-order valence-corrected chi connectivity index (χ1v) is 7.57. The molecule has 0 amide bonds. The summed E-state index contributed by atoms with van der Waals surface area (Å²) in [5, 5.41) is 0.968. The van der Waals surface area contributed by atoms with Gasteiger partial charge in [-0.3, -0.25) is 0 Å². The fourth-order valence-electron chi connectivity index (χ4n) is 2.23. The van der Waals surface area contributed by atoms with Crippen LogP contribution < -0.4 is 4.74 Å². The summed E-state index contributed by atoms with van der Waals surface area (Å²) in [5.74, 6) is 0.959. The maximum atomic E-state index is 5.54. The molecule has 1 unspecified atom stereocenters. The minimum Gasteiger partial charge on any atom is -0.496 e. The van der Waals surface area contributed by atoms with Crippen molar-refractivity contribution in [3.05, 3.63) is 28.2 Å². The van der Waals surface area contributed by atoms with Crippen LogP contribution in [0.5, 0.6) is 5.75 Å². The Bertz CT molecular complexity index is 387. The molecule has 1 aromatic rings. The first-order chi connectivity index (χ1) is 8.19. The molecule has 4 heteroatoms. The Morgan fingerprint density at radius 3 is 2.88 bits per heavy atom. The van der Waals surface area contributed by atoms with Crippen molar-refractivity contribution >= 4 is 31.9 Å². The Kier molecular flexibility index (Phi) is 4.50. The minimum absolute atomic E-state index is 0.216. The average Bonchev–Trinajstić information content (AvgIpc) is 2.79. The van der Waals surface area contributed by atoms with E-state index in [2.05, 4.69) is 37.9 Å². The van der Waals surface area contributed by atoms with Gasteiger partial charge in [0.1, 0.15) is 5.75 Å². The van der Waals surface area contributed by atoms with Crippen molar-refractivity contribution in [2.45, 2.75) is 12.8 Å². The van der Waals surface area contributed by atoms with Gasteiger partial charge in [-0.1, -0.05) is 31.9 Å². The third-order valence-corrected chi connectivity index (χ3v) is 4.96. The van der Waals surface area contributed by atoms with E-state index in [0.717, 1.165) is 41.6 Å². The molecule has 2 nitrogen and oxygen atoms in total. The van der Waals surface area contributed by atoms with E-state index in [9.17, 15) is 0 Å². The van der Waals surface area contributed by atoms with Crippen molar-refractivity contribution in [3.8, 4) is 5.75 Å². The molecular formula is C13H16Br2O2. The minimum atomic E-state index is 0.216. The van der Waals surface area contributed by atoms with Gasteiger partial charge in [-0.15, -0.1) is 0 Å². The second-order valence-electron chi connectivity index (χ2n) is 4.57. The van der Waals surface area contributed by atoms with E-state index in [-0.39, 0.29) is 5.41 Å². The molecule has 0 radical (unpaired) electrons. The maximum Gasteiger partial charge on any atom is 0.122 e. The van der Waals surface area contributed by atoms with Gasteiger partial charge in [0, 0.05) is 21.8 Å². The van der Waals surface area contributed by atoms with Gasteiger partial charge in [0.2, 0.25) is 0 Å². The average molecular weight is 364 g/mol. The molecular weight excluding hydrogens is 348 g/mol. The lowest BCUT2D eigenvalue weighted by Gasteiger charge is -2.25. The zero-order valence-electron chi connectivity index (χ0n) is 9.84. The summed E-state index contributed by atoms with van der Waals surface area (Å²) in [6, 6.07) is 6.16. The van der Waals surface area contributed by atoms with Gasteiger partial charge in [0.25, 0.3) is 0 Å². The van der Waals surface area contributed by atoms with Crippen molar-refractivity contribution in [3.63, 3.8) is 0 Å². The number of methoxy groups -OCH3 is 1. The van der Waals surface area contributed by atoms with Gasteiger partial charge in [-0.05, 0) is 36.6 Å². The molecule has 0 spiro atoms. The van der Waals surface area contributed by atoms with Crippen LogP contribution in [0.25, 0.3) is 0 Å². The van der Waals surface area contributed by atoms with Crippen LogP contribution in [0.2, 0.25) is 0 Å². The van der Waals surface area contributed by atoms with Crippen LogP contribution in [0.4, 0.5) is 0 Å². The summed E-state index contributed by atoms with van der Waals surface area (Å²) in [6.45, 7) is 1.69. The zero-order valence-corrected chi connectivity index (χ0v) is 13.0. The van der Waals surface area contributed by atoms with Gasteiger partial charge in [0.15, 0.2) is 0 Å². The van der Waals surface area contributed by atoms with Crippen LogP contribution in [-0.4, -0.2) is 25.7 Å². The number of hydrogen-bond acceptors (Lipinski definition) is 2. The molecule has 1 fully saturated rings. The van der Waals surface area contributed by atoms with Crippen LogP contribution in [0, 0.1) is 5.41 Å². The third kappa shape index (κ3) is 3.04. The number of ether oxygens (including phenoxy) is 2. The summed E-state index contributed by atoms with van der Waals surface area (Å²) in [7, 11) is 1.72. The van der Waals surface area contributed by atoms with E-state index >= 15 is 0 Å². The van der Waals surface area contributed by atoms with E-state index < -0.39 is 0 Å². The monoisotopic (exact) mass is 362 g/mol. The Morgan fingerprint density at radius 1 is 1.47 bits per heavy atom. The highest BCUT2D eigenvalue weighted by Crippen LogP contribution is 2.37. The Balaban J connectivity index is 2.24. The van der Waals surface area contributed by atoms with E-state index in [4.69, 9.17) is 9.47 Å². The highest BCUT2D eigenvalue weighted by atomic mass is 79.9. The van der Waals surface area contributed by atoms with Gasteiger partial charge >= 0.3 is 0 Å². The van der Waals surface area contributed by atoms with Gasteiger partial charge in [0.05, 0.1) is 13.7 Å². The quantitative estimate of drug-likeness (QED) is 0.757. The molecule has 1 saturated heterocycles. The second-order valence-corrected chi connectivity index (χ2v) is 6.05. The van der Waals surface area contributed by atoms with Crippen LogP contribution in [0.15, 0.2) is 22.7 Å². The number of benzene rings is 1. The van der Waals surface area contributed by atoms with Gasteiger partial charge in [-0.25, -0.2) is 0 Å². The molecule has 0 bridgehead atoms. The topological polar surface area (TPSA) is 18.5 Å². The van der Waals surface area contributed by atoms with Crippen molar-refractivity contribution < 1.29 is 9.47 Å². The molecule has 0 saturated carbocycles. The number of rotatable bonds is 4. The first-order valence-electron chi connectivity index (χ1n) is 5.65. The van der Waals surface area contributed by atoms with Crippen molar-refractivity contribution in [1.29, 1.82) is 0 Å². The molecule has 17 heavy (non-hydrogen) atoms. The Morgan fingerprint density at radius 2 is 2.29 bits per heavy atom. The van der Waals surface area contributed by atoms with Crippen molar-refractivity contribution in [1.82, 2.24) is 0 Å². The lowest BCUT2D eigenvalue weighted by atomic mass is 9.83. The van der Waals surface area contributed by atoms with Crippen LogP contribution in [0.1, 0.15) is 12.0 Å². The zero-order chi connectivity index (χ0) is 12.3. The van der Waals surface area contributed by atoms with E-state index in [1.165, 1.54) is 5.56 Å². The molecule has 1 aliphatic heterocycles. The van der Waals surface area contributed by atoms with Crippen molar-refractivity contribution in [2.75, 3.05) is 25.7 Å². The third-order valence-electron chi connectivity index (χ3n) is 3.28. The molecule has 94 valence electrons. The summed E-state index contributed by atoms with van der Waals surface area (Å²) < 4.78 is 12.1. The number of hydrogen-bond donors (Lipinski definition) is 0. The van der Waals surface area contributed by atoms with E-state index in [1.807, 2.05) is 12.1 Å². The summed E-state index contributed by atoms with van der Waals surface area (Å²) in [4.78, 5) is 0. The summed E-state index contributed by atoms with van der Waals surface area (Å²) >= 11 is 7.14. The lowest BCUT2D eigenvalue weighted by molar-refractivity contribution is 0.161. The van der Waals surface area contributed by atoms with Crippen LogP contribution in [0.3, 0.4) is 0 Å². The normalized spacial score (nSPS) is 23.9. The predicted molar refractivity (Wildman–Crippen MR) is 76.1 cm³/mol.